The van der Waals surface area contributed by atoms with Gasteiger partial charge in [0.2, 0.25) is 0 Å². The van der Waals surface area contributed by atoms with Gasteiger partial charge in [0, 0.05) is 18.7 Å². The van der Waals surface area contributed by atoms with E-state index in [1.54, 1.807) is 0 Å². The number of piperidine rings is 1. The fraction of sp³-hybridized carbons (Fsp3) is 0.520. The van der Waals surface area contributed by atoms with Crippen LogP contribution in [-0.2, 0) is 10.8 Å². The number of benzene rings is 1. The minimum Gasteiger partial charge on any atom is -0.370 e. The van der Waals surface area contributed by atoms with Crippen LogP contribution in [0.2, 0.25) is 0 Å². The van der Waals surface area contributed by atoms with Gasteiger partial charge >= 0.3 is 0 Å². The molecule has 1 fully saturated rings. The quantitative estimate of drug-likeness (QED) is 0.470. The number of fused-ring (bicyclic) bond motifs is 1. The zero-order valence-corrected chi connectivity index (χ0v) is 21.2. The smallest absolute Gasteiger partial charge is 0.186 e. The number of halogens is 2. The molecule has 0 unspecified atom stereocenters. The normalized spacial score (nSPS) is 19.2. The van der Waals surface area contributed by atoms with Gasteiger partial charge in [0.15, 0.2) is 5.96 Å². The molecule has 0 bridgehead atoms. The number of anilines is 1. The first-order valence-corrected chi connectivity index (χ1v) is 11.1. The van der Waals surface area contributed by atoms with E-state index >= 15 is 0 Å². The monoisotopic (exact) mass is 477 g/mol. The number of aliphatic imine (C=N–C) groups is 1. The van der Waals surface area contributed by atoms with E-state index in [2.05, 4.69) is 74.0 Å². The molecule has 0 atom stereocenters. The minimum atomic E-state index is 0. The Hall–Kier alpha value is -1.98. The number of hydrogen-bond donors (Lipinski definition) is 2. The number of rotatable bonds is 3. The summed E-state index contributed by atoms with van der Waals surface area (Å²) in [5, 5.41) is 0. The van der Waals surface area contributed by atoms with Gasteiger partial charge < -0.3 is 16.4 Å². The lowest BCUT2D eigenvalue weighted by atomic mass is 9.63. The third-order valence-electron chi connectivity index (χ3n) is 7.00. The van der Waals surface area contributed by atoms with Gasteiger partial charge in [-0.2, -0.15) is 0 Å². The van der Waals surface area contributed by atoms with E-state index < -0.39 is 0 Å². The van der Waals surface area contributed by atoms with E-state index in [0.717, 1.165) is 37.4 Å². The Morgan fingerprint density at radius 2 is 1.56 bits per heavy atom. The van der Waals surface area contributed by atoms with Gasteiger partial charge in [0.25, 0.3) is 0 Å². The Kier molecular flexibility index (Phi) is 8.11. The summed E-state index contributed by atoms with van der Waals surface area (Å²) in [4.78, 5) is 11.7. The highest BCUT2D eigenvalue weighted by atomic mass is 35.5. The van der Waals surface area contributed by atoms with E-state index in [-0.39, 0.29) is 47.6 Å². The van der Waals surface area contributed by atoms with Crippen LogP contribution in [0.4, 0.5) is 5.82 Å². The molecule has 176 valence electrons. The SMILES string of the molecule is CC1(C)CCC(C)(C)c2cc(-c3cccc(N4CCC(N=C(N)N)CC4)n3)ccc21.Cl.Cl. The van der Waals surface area contributed by atoms with Crippen LogP contribution in [-0.4, -0.2) is 30.1 Å². The molecule has 0 radical (unpaired) electrons. The van der Waals surface area contributed by atoms with E-state index in [1.165, 1.54) is 29.5 Å². The molecule has 1 saturated heterocycles. The minimum absolute atomic E-state index is 0. The van der Waals surface area contributed by atoms with Crippen molar-refractivity contribution in [3.63, 3.8) is 0 Å². The van der Waals surface area contributed by atoms with Crippen molar-refractivity contribution in [2.75, 3.05) is 18.0 Å². The van der Waals surface area contributed by atoms with Crippen molar-refractivity contribution in [2.45, 2.75) is 70.3 Å². The van der Waals surface area contributed by atoms with Gasteiger partial charge in [-0.15, -0.1) is 24.8 Å². The molecule has 1 aromatic heterocycles. The third-order valence-corrected chi connectivity index (χ3v) is 7.00. The molecule has 7 heteroatoms. The maximum atomic E-state index is 5.54. The summed E-state index contributed by atoms with van der Waals surface area (Å²) in [6.07, 6.45) is 4.35. The van der Waals surface area contributed by atoms with Crippen LogP contribution in [0.3, 0.4) is 0 Å². The molecule has 1 aliphatic heterocycles. The first-order valence-electron chi connectivity index (χ1n) is 11.1. The highest BCUT2D eigenvalue weighted by molar-refractivity contribution is 5.85. The number of nitrogens with two attached hydrogens (primary N) is 2. The Labute approximate surface area is 204 Å². The lowest BCUT2D eigenvalue weighted by Gasteiger charge is -2.42. The zero-order valence-electron chi connectivity index (χ0n) is 19.6. The second-order valence-electron chi connectivity index (χ2n) is 10.2. The number of guanidine groups is 1. The molecule has 32 heavy (non-hydrogen) atoms. The average Bonchev–Trinajstić information content (AvgIpc) is 2.71. The van der Waals surface area contributed by atoms with Crippen molar-refractivity contribution in [1.82, 2.24) is 4.98 Å². The van der Waals surface area contributed by atoms with E-state index in [4.69, 9.17) is 16.5 Å². The molecule has 4 N–H and O–H groups in total. The van der Waals surface area contributed by atoms with Crippen molar-refractivity contribution in [2.24, 2.45) is 16.5 Å². The van der Waals surface area contributed by atoms with Crippen LogP contribution in [0.1, 0.15) is 64.5 Å². The number of hydrogen-bond acceptors (Lipinski definition) is 3. The Balaban J connectivity index is 0.00000181. The van der Waals surface area contributed by atoms with Gasteiger partial charge in [0.1, 0.15) is 5.82 Å². The van der Waals surface area contributed by atoms with Crippen LogP contribution in [0, 0.1) is 0 Å². The van der Waals surface area contributed by atoms with Gasteiger partial charge in [-0.1, -0.05) is 45.9 Å². The maximum Gasteiger partial charge on any atom is 0.186 e. The molecular formula is C25H37Cl2N5. The molecule has 1 aliphatic carbocycles. The van der Waals surface area contributed by atoms with E-state index in [1.807, 2.05) is 0 Å². The molecule has 0 saturated carbocycles. The Morgan fingerprint density at radius 3 is 2.19 bits per heavy atom. The van der Waals surface area contributed by atoms with Crippen LogP contribution >= 0.6 is 24.8 Å². The van der Waals surface area contributed by atoms with Gasteiger partial charge in [0.05, 0.1) is 11.7 Å². The highest BCUT2D eigenvalue weighted by Crippen LogP contribution is 2.46. The van der Waals surface area contributed by atoms with Gasteiger partial charge in [-0.05, 0) is 65.8 Å². The molecule has 2 aliphatic rings. The molecule has 4 rings (SSSR count). The van der Waals surface area contributed by atoms with Gasteiger partial charge in [-0.25, -0.2) is 4.98 Å². The summed E-state index contributed by atoms with van der Waals surface area (Å²) >= 11 is 0. The molecule has 0 spiro atoms. The number of aromatic nitrogens is 1. The van der Waals surface area contributed by atoms with Crippen LogP contribution < -0.4 is 16.4 Å². The zero-order chi connectivity index (χ0) is 21.5. The van der Waals surface area contributed by atoms with Gasteiger partial charge in [-0.3, -0.25) is 4.99 Å². The van der Waals surface area contributed by atoms with Crippen LogP contribution in [0.5, 0.6) is 0 Å². The summed E-state index contributed by atoms with van der Waals surface area (Å²) in [5.74, 6) is 1.22. The van der Waals surface area contributed by atoms with Crippen LogP contribution in [0.25, 0.3) is 11.3 Å². The van der Waals surface area contributed by atoms with Crippen molar-refractivity contribution in [3.8, 4) is 11.3 Å². The summed E-state index contributed by atoms with van der Waals surface area (Å²) in [6.45, 7) is 11.3. The predicted octanol–water partition coefficient (Wildman–Crippen LogP) is 5.18. The predicted molar refractivity (Wildman–Crippen MR) is 140 cm³/mol. The summed E-state index contributed by atoms with van der Waals surface area (Å²) in [5.41, 5.74) is 16.7. The molecular weight excluding hydrogens is 441 g/mol. The second-order valence-corrected chi connectivity index (χ2v) is 10.2. The fourth-order valence-corrected chi connectivity index (χ4v) is 4.94. The first kappa shape index (κ1) is 26.3. The lowest BCUT2D eigenvalue weighted by molar-refractivity contribution is 0.332. The summed E-state index contributed by atoms with van der Waals surface area (Å²) in [7, 11) is 0. The van der Waals surface area contributed by atoms with Crippen LogP contribution in [0.15, 0.2) is 41.4 Å². The molecule has 0 amide bonds. The summed E-state index contributed by atoms with van der Waals surface area (Å²) in [6, 6.07) is 13.5. The van der Waals surface area contributed by atoms with Crippen molar-refractivity contribution in [3.05, 3.63) is 47.5 Å². The Bertz CT molecular complexity index is 959. The molecule has 2 aromatic rings. The second kappa shape index (κ2) is 9.88. The van der Waals surface area contributed by atoms with Crippen molar-refractivity contribution >= 4 is 36.6 Å². The Morgan fingerprint density at radius 1 is 0.938 bits per heavy atom. The first-order chi connectivity index (χ1) is 14.2. The van der Waals surface area contributed by atoms with Crippen molar-refractivity contribution < 1.29 is 0 Å². The number of pyridine rings is 1. The molecule has 5 nitrogen and oxygen atoms in total. The maximum absolute atomic E-state index is 5.54. The van der Waals surface area contributed by atoms with E-state index in [0.29, 0.717) is 0 Å². The van der Waals surface area contributed by atoms with Crippen molar-refractivity contribution in [1.29, 1.82) is 0 Å². The van der Waals surface area contributed by atoms with E-state index in [9.17, 15) is 0 Å². The fourth-order valence-electron chi connectivity index (χ4n) is 4.94. The number of nitrogens with zero attached hydrogens (tertiary/aromatic N) is 3. The molecule has 1 aromatic carbocycles. The average molecular weight is 479 g/mol. The highest BCUT2D eigenvalue weighted by Gasteiger charge is 2.37. The third kappa shape index (κ3) is 5.32. The standard InChI is InChI=1S/C25H35N5.2ClH/c1-24(2)12-13-25(3,4)20-16-17(8-9-19(20)24)21-6-5-7-22(29-21)30-14-10-18(11-15-30)28-23(26)27;;/h5-9,16,18H,10-15H2,1-4H3,(H4,26,27,28);2*1H. The lowest BCUT2D eigenvalue weighted by Crippen LogP contribution is -2.37. The summed E-state index contributed by atoms with van der Waals surface area (Å²) < 4.78 is 0. The topological polar surface area (TPSA) is 80.5 Å². The molecule has 2 heterocycles. The largest absolute Gasteiger partial charge is 0.370 e.